The third-order valence-electron chi connectivity index (χ3n) is 7.66. The Kier molecular flexibility index (Phi) is 7.72. The number of hydrogen-bond acceptors (Lipinski definition) is 8. The lowest BCUT2D eigenvalue weighted by Crippen LogP contribution is -2.33. The lowest BCUT2D eigenvalue weighted by atomic mass is 10.1. The predicted octanol–water partition coefficient (Wildman–Crippen LogP) is 2.71. The van der Waals surface area contributed by atoms with Crippen LogP contribution in [-0.2, 0) is 17.1 Å². The van der Waals surface area contributed by atoms with Crippen molar-refractivity contribution in [1.82, 2.24) is 39.2 Å². The number of para-hydroxylation sites is 1. The lowest BCUT2D eigenvalue weighted by molar-refractivity contribution is 0.0938. The molecule has 0 spiro atoms. The second-order valence-electron chi connectivity index (χ2n) is 10.7. The maximum Gasteiger partial charge on any atom is 0.267 e. The minimum atomic E-state index is -3.91. The Labute approximate surface area is 263 Å². The molecular formula is C32H29N9O4S. The number of aryl methyl sites for hydroxylation is 2. The minimum absolute atomic E-state index is 0.258. The molecule has 14 heteroatoms. The molecule has 2 aromatic carbocycles. The second kappa shape index (κ2) is 11.7. The van der Waals surface area contributed by atoms with Gasteiger partial charge in [0, 0.05) is 25.0 Å². The number of nitrogens with zero attached hydrogens (tertiary/aromatic N) is 7. The third-order valence-corrected chi connectivity index (χ3v) is 8.87. The number of amides is 1. The van der Waals surface area contributed by atoms with Crippen LogP contribution < -0.4 is 16.0 Å². The number of primary sulfonamides is 1. The van der Waals surface area contributed by atoms with E-state index in [0.717, 1.165) is 0 Å². The Hall–Kier alpha value is -5.65. The zero-order valence-electron chi connectivity index (χ0n) is 25.3. The number of nitrogens with two attached hydrogens (primary N) is 1. The molecule has 46 heavy (non-hydrogen) atoms. The van der Waals surface area contributed by atoms with E-state index in [4.69, 9.17) is 10.1 Å². The van der Waals surface area contributed by atoms with Gasteiger partial charge in [-0.3, -0.25) is 18.8 Å². The van der Waals surface area contributed by atoms with Crippen LogP contribution in [-0.4, -0.2) is 48.3 Å². The van der Waals surface area contributed by atoms with Crippen molar-refractivity contribution in [3.8, 4) is 17.5 Å². The zero-order chi connectivity index (χ0) is 32.7. The average molecular weight is 636 g/mol. The summed E-state index contributed by atoms with van der Waals surface area (Å²) in [5.74, 6) is 5.91. The highest BCUT2D eigenvalue weighted by Crippen LogP contribution is 2.24. The van der Waals surface area contributed by atoms with Crippen molar-refractivity contribution in [2.24, 2.45) is 12.2 Å². The van der Waals surface area contributed by atoms with Crippen molar-refractivity contribution in [2.45, 2.75) is 32.1 Å². The van der Waals surface area contributed by atoms with Gasteiger partial charge in [-0.2, -0.15) is 10.2 Å². The van der Waals surface area contributed by atoms with Crippen molar-refractivity contribution in [1.29, 1.82) is 0 Å². The first-order chi connectivity index (χ1) is 22.0. The van der Waals surface area contributed by atoms with Crippen LogP contribution in [0.3, 0.4) is 0 Å². The molecule has 2 unspecified atom stereocenters. The molecular weight excluding hydrogens is 606 g/mol. The molecule has 0 aliphatic heterocycles. The molecule has 4 aromatic heterocycles. The van der Waals surface area contributed by atoms with Gasteiger partial charge in [0.2, 0.25) is 10.0 Å². The van der Waals surface area contributed by atoms with Crippen LogP contribution in [0.1, 0.15) is 63.8 Å². The van der Waals surface area contributed by atoms with Crippen molar-refractivity contribution < 1.29 is 13.2 Å². The van der Waals surface area contributed by atoms with E-state index in [9.17, 15) is 18.0 Å². The first-order valence-electron chi connectivity index (χ1n) is 14.2. The fourth-order valence-corrected chi connectivity index (χ4v) is 5.97. The number of fused-ring (bicyclic) bond motifs is 2. The van der Waals surface area contributed by atoms with Gasteiger partial charge in [-0.25, -0.2) is 28.0 Å². The normalized spacial score (nSPS) is 12.9. The van der Waals surface area contributed by atoms with Crippen LogP contribution in [0.25, 0.3) is 22.2 Å². The van der Waals surface area contributed by atoms with Gasteiger partial charge >= 0.3 is 0 Å². The number of rotatable bonds is 6. The van der Waals surface area contributed by atoms with Crippen LogP contribution >= 0.6 is 0 Å². The molecule has 2 atom stereocenters. The average Bonchev–Trinajstić information content (AvgIpc) is 3.57. The summed E-state index contributed by atoms with van der Waals surface area (Å²) < 4.78 is 28.6. The third kappa shape index (κ3) is 5.42. The number of carbonyl (C=O) groups excluding carboxylic acids is 1. The number of carbonyl (C=O) groups is 1. The van der Waals surface area contributed by atoms with Gasteiger partial charge in [0.15, 0.2) is 5.65 Å². The molecule has 0 aliphatic carbocycles. The number of sulfonamides is 1. The SMILES string of the molecule is Cc1nn2cccnc2c1C(=O)NC(C)c1nc2cccc(C#Cc3cnn(C)c3C(C)S(N)(=O)=O)c2c(=O)n1-c1ccccc1. The highest BCUT2D eigenvalue weighted by atomic mass is 32.2. The molecule has 0 aliphatic rings. The number of nitrogens with one attached hydrogen (secondary N) is 1. The van der Waals surface area contributed by atoms with Crippen molar-refractivity contribution in [3.05, 3.63) is 117 Å². The molecule has 0 bridgehead atoms. The van der Waals surface area contributed by atoms with Gasteiger partial charge in [0.25, 0.3) is 11.5 Å². The Morgan fingerprint density at radius 3 is 2.50 bits per heavy atom. The standard InChI is InChI=1S/C32H29N9O4S/c1-19-26(30-34-16-9-17-40(30)38-19)31(42)36-20(2)29-37-25-13-8-10-22(27(25)32(43)41(29)24-11-6-5-7-12-24)14-15-23-18-35-39(4)28(23)21(3)46(33,44)45/h5-13,16-18,20-21H,1-4H3,(H,36,42)(H2,33,44,45). The van der Waals surface area contributed by atoms with Crippen LogP contribution in [0.5, 0.6) is 0 Å². The summed E-state index contributed by atoms with van der Waals surface area (Å²) in [4.78, 5) is 37.1. The van der Waals surface area contributed by atoms with E-state index in [-0.39, 0.29) is 5.39 Å². The topological polar surface area (TPSA) is 172 Å². The van der Waals surface area contributed by atoms with E-state index < -0.39 is 32.8 Å². The smallest absolute Gasteiger partial charge is 0.267 e. The molecule has 3 N–H and O–H groups in total. The van der Waals surface area contributed by atoms with Crippen LogP contribution in [0.15, 0.2) is 78.0 Å². The summed E-state index contributed by atoms with van der Waals surface area (Å²) in [5.41, 5.74) is 2.85. The molecule has 0 saturated heterocycles. The van der Waals surface area contributed by atoms with Gasteiger partial charge in [0.05, 0.1) is 45.8 Å². The van der Waals surface area contributed by atoms with Gasteiger partial charge in [-0.1, -0.05) is 36.1 Å². The van der Waals surface area contributed by atoms with E-state index in [2.05, 4.69) is 32.3 Å². The largest absolute Gasteiger partial charge is 0.342 e. The van der Waals surface area contributed by atoms with Crippen molar-refractivity contribution >= 4 is 32.5 Å². The highest BCUT2D eigenvalue weighted by Gasteiger charge is 2.26. The van der Waals surface area contributed by atoms with E-state index in [1.165, 1.54) is 26.9 Å². The van der Waals surface area contributed by atoms with Crippen molar-refractivity contribution in [2.75, 3.05) is 0 Å². The minimum Gasteiger partial charge on any atom is -0.342 e. The number of benzene rings is 2. The first-order valence-corrected chi connectivity index (χ1v) is 15.8. The zero-order valence-corrected chi connectivity index (χ0v) is 26.1. The van der Waals surface area contributed by atoms with Crippen molar-refractivity contribution in [3.63, 3.8) is 0 Å². The lowest BCUT2D eigenvalue weighted by Gasteiger charge is -2.20. The number of hydrogen-bond donors (Lipinski definition) is 2. The summed E-state index contributed by atoms with van der Waals surface area (Å²) in [6.07, 6.45) is 4.76. The molecule has 0 saturated carbocycles. The summed E-state index contributed by atoms with van der Waals surface area (Å²) >= 11 is 0. The Morgan fingerprint density at radius 1 is 1.02 bits per heavy atom. The van der Waals surface area contributed by atoms with Gasteiger partial charge < -0.3 is 5.32 Å². The van der Waals surface area contributed by atoms with Gasteiger partial charge in [-0.05, 0) is 51.1 Å². The first kappa shape index (κ1) is 30.4. The predicted molar refractivity (Wildman–Crippen MR) is 172 cm³/mol. The fourth-order valence-electron chi connectivity index (χ4n) is 5.38. The van der Waals surface area contributed by atoms with Gasteiger partial charge in [-0.15, -0.1) is 0 Å². The van der Waals surface area contributed by atoms with Crippen LogP contribution in [0.4, 0.5) is 0 Å². The maximum absolute atomic E-state index is 14.3. The molecule has 6 rings (SSSR count). The fraction of sp³-hybridized carbons (Fsp3) is 0.188. The summed E-state index contributed by atoms with van der Waals surface area (Å²) in [5, 5.41) is 16.1. The Balaban J connectivity index is 1.47. The molecule has 4 heterocycles. The molecule has 232 valence electrons. The molecule has 0 fully saturated rings. The monoisotopic (exact) mass is 635 g/mol. The Morgan fingerprint density at radius 2 is 1.76 bits per heavy atom. The van der Waals surface area contributed by atoms with E-state index in [1.807, 2.05) is 6.07 Å². The molecule has 13 nitrogen and oxygen atoms in total. The van der Waals surface area contributed by atoms with Gasteiger partial charge in [0.1, 0.15) is 16.6 Å². The van der Waals surface area contributed by atoms with E-state index in [0.29, 0.717) is 50.8 Å². The Bertz CT molecular complexity index is 2380. The molecule has 6 aromatic rings. The molecule has 1 amide bonds. The number of aromatic nitrogens is 7. The summed E-state index contributed by atoms with van der Waals surface area (Å²) in [6, 6.07) is 15.1. The quantitative estimate of drug-likeness (QED) is 0.263. The molecule has 0 radical (unpaired) electrons. The van der Waals surface area contributed by atoms with Crippen LogP contribution in [0.2, 0.25) is 0 Å². The van der Waals surface area contributed by atoms with E-state index >= 15 is 0 Å². The summed E-state index contributed by atoms with van der Waals surface area (Å²) in [7, 11) is -2.30. The highest BCUT2D eigenvalue weighted by molar-refractivity contribution is 7.89. The van der Waals surface area contributed by atoms with Crippen LogP contribution in [0, 0.1) is 18.8 Å². The maximum atomic E-state index is 14.3. The summed E-state index contributed by atoms with van der Waals surface area (Å²) in [6.45, 7) is 4.95. The van der Waals surface area contributed by atoms with E-state index in [1.54, 1.807) is 81.8 Å². The second-order valence-corrected chi connectivity index (χ2v) is 12.6.